The summed E-state index contributed by atoms with van der Waals surface area (Å²) in [4.78, 5) is 14.2. The van der Waals surface area contributed by atoms with Crippen LogP contribution in [0.3, 0.4) is 0 Å². The Labute approximate surface area is 216 Å². The second-order valence-corrected chi connectivity index (χ2v) is 11.2. The lowest BCUT2D eigenvalue weighted by Crippen LogP contribution is -2.45. The van der Waals surface area contributed by atoms with Crippen LogP contribution in [0.4, 0.5) is 5.95 Å². The third kappa shape index (κ3) is 4.99. The maximum atomic E-state index is 13.4. The van der Waals surface area contributed by atoms with Crippen LogP contribution in [-0.4, -0.2) is 74.5 Å². The van der Waals surface area contributed by atoms with Crippen LogP contribution < -0.4 is 14.4 Å². The third-order valence-electron chi connectivity index (χ3n) is 6.47. The molecule has 2 aliphatic rings. The number of methoxy groups -OCH3 is 1. The maximum Gasteiger partial charge on any atom is 0.243 e. The Morgan fingerprint density at radius 3 is 2.42 bits per heavy atom. The van der Waals surface area contributed by atoms with Crippen molar-refractivity contribution in [2.24, 2.45) is 0 Å². The summed E-state index contributed by atoms with van der Waals surface area (Å²) in [7, 11) is -0.0998. The highest BCUT2D eigenvalue weighted by Crippen LogP contribution is 2.36. The number of ether oxygens (including phenoxy) is 2. The van der Waals surface area contributed by atoms with E-state index in [2.05, 4.69) is 16.8 Å². The lowest BCUT2D eigenvalue weighted by atomic mass is 10.1. The number of fused-ring (bicyclic) bond motifs is 1. The van der Waals surface area contributed by atoms with Gasteiger partial charge in [0.05, 0.1) is 23.3 Å². The number of hydrogen-bond donors (Lipinski definition) is 0. The topological polar surface area (TPSA) is 88.1 Å². The molecule has 9 nitrogen and oxygen atoms in total. The van der Waals surface area contributed by atoms with E-state index >= 15 is 0 Å². The maximum absolute atomic E-state index is 13.4. The highest BCUT2D eigenvalue weighted by molar-refractivity contribution is 7.89. The van der Waals surface area contributed by atoms with Crippen molar-refractivity contribution in [3.05, 3.63) is 64.8 Å². The smallest absolute Gasteiger partial charge is 0.243 e. The van der Waals surface area contributed by atoms with E-state index in [0.717, 1.165) is 31.9 Å². The molecule has 2 aliphatic heterocycles. The van der Waals surface area contributed by atoms with Crippen LogP contribution in [-0.2, 0) is 23.0 Å². The summed E-state index contributed by atoms with van der Waals surface area (Å²) in [5.41, 5.74) is 1.44. The van der Waals surface area contributed by atoms with Gasteiger partial charge in [-0.05, 0) is 37.4 Å². The van der Waals surface area contributed by atoms with Crippen LogP contribution in [0.1, 0.15) is 11.3 Å². The molecule has 0 N–H and O–H groups in total. The van der Waals surface area contributed by atoms with E-state index in [-0.39, 0.29) is 11.4 Å². The molecule has 1 aromatic heterocycles. The minimum Gasteiger partial charge on any atom is -0.493 e. The van der Waals surface area contributed by atoms with Crippen LogP contribution in [0.5, 0.6) is 17.4 Å². The van der Waals surface area contributed by atoms with E-state index in [4.69, 9.17) is 31.0 Å². The molecule has 1 saturated heterocycles. The molecule has 5 rings (SSSR count). The summed E-state index contributed by atoms with van der Waals surface area (Å²) in [6.45, 7) is 3.83. The predicted molar refractivity (Wildman–Crippen MR) is 138 cm³/mol. The molecule has 0 radical (unpaired) electrons. The average Bonchev–Trinajstić information content (AvgIpc) is 2.89. The Kier molecular flexibility index (Phi) is 7.03. The van der Waals surface area contributed by atoms with Crippen molar-refractivity contribution in [3.8, 4) is 17.4 Å². The highest BCUT2D eigenvalue weighted by Gasteiger charge is 2.33. The molecule has 1 fully saturated rings. The first kappa shape index (κ1) is 24.8. The van der Waals surface area contributed by atoms with Gasteiger partial charge in [0.25, 0.3) is 0 Å². The van der Waals surface area contributed by atoms with Gasteiger partial charge in [-0.1, -0.05) is 29.8 Å². The summed E-state index contributed by atoms with van der Waals surface area (Å²) >= 11 is 6.07. The van der Waals surface area contributed by atoms with Gasteiger partial charge in [0.2, 0.25) is 21.9 Å². The largest absolute Gasteiger partial charge is 0.493 e. The van der Waals surface area contributed by atoms with E-state index in [9.17, 15) is 8.42 Å². The minimum absolute atomic E-state index is 0.0949. The lowest BCUT2D eigenvalue weighted by molar-refractivity contribution is 0.309. The molecule has 36 heavy (non-hydrogen) atoms. The normalized spacial score (nSPS) is 17.0. The number of para-hydroxylation sites is 2. The molecule has 0 atom stereocenters. The van der Waals surface area contributed by atoms with Gasteiger partial charge >= 0.3 is 0 Å². The van der Waals surface area contributed by atoms with Gasteiger partial charge in [-0.15, -0.1) is 0 Å². The summed E-state index contributed by atoms with van der Waals surface area (Å²) in [5, 5.41) is 0.369. The second-order valence-electron chi connectivity index (χ2n) is 8.84. The Bertz CT molecular complexity index is 1360. The quantitative estimate of drug-likeness (QED) is 0.480. The number of benzene rings is 2. The number of halogens is 1. The number of aromatic nitrogens is 2. The molecule has 11 heteroatoms. The number of sulfonamides is 1. The van der Waals surface area contributed by atoms with Gasteiger partial charge in [-0.3, -0.25) is 0 Å². The van der Waals surface area contributed by atoms with E-state index in [1.54, 1.807) is 37.4 Å². The van der Waals surface area contributed by atoms with Crippen LogP contribution in [0.2, 0.25) is 5.02 Å². The number of likely N-dealkylation sites (N-methyl/N-ethyl adjacent to an activating group) is 1. The highest BCUT2D eigenvalue weighted by atomic mass is 35.5. The number of nitrogens with zero attached hydrogens (tertiary/aromatic N) is 5. The first-order chi connectivity index (χ1) is 17.3. The molecule has 0 spiro atoms. The number of hydrogen-bond acceptors (Lipinski definition) is 8. The van der Waals surface area contributed by atoms with E-state index < -0.39 is 10.0 Å². The molecule has 0 unspecified atom stereocenters. The first-order valence-electron chi connectivity index (χ1n) is 11.7. The van der Waals surface area contributed by atoms with Crippen molar-refractivity contribution in [1.29, 1.82) is 0 Å². The van der Waals surface area contributed by atoms with Crippen LogP contribution >= 0.6 is 11.6 Å². The van der Waals surface area contributed by atoms with Gasteiger partial charge in [0.15, 0.2) is 11.5 Å². The number of piperazine rings is 1. The molecule has 0 amide bonds. The van der Waals surface area contributed by atoms with Gasteiger partial charge in [-0.25, -0.2) is 13.4 Å². The van der Waals surface area contributed by atoms with Crippen molar-refractivity contribution in [1.82, 2.24) is 19.2 Å². The van der Waals surface area contributed by atoms with Crippen LogP contribution in [0, 0.1) is 0 Å². The lowest BCUT2D eigenvalue weighted by Gasteiger charge is -2.34. The van der Waals surface area contributed by atoms with Gasteiger partial charge in [-0.2, -0.15) is 9.29 Å². The second kappa shape index (κ2) is 10.2. The van der Waals surface area contributed by atoms with Gasteiger partial charge in [0, 0.05) is 50.7 Å². The summed E-state index contributed by atoms with van der Waals surface area (Å²) in [6, 6.07) is 13.6. The van der Waals surface area contributed by atoms with Crippen molar-refractivity contribution in [2.75, 3.05) is 51.8 Å². The molecular weight excluding hydrogens is 502 g/mol. The molecule has 0 aliphatic carbocycles. The summed E-state index contributed by atoms with van der Waals surface area (Å²) in [6.07, 6.45) is 0.445. The monoisotopic (exact) mass is 529 g/mol. The van der Waals surface area contributed by atoms with Crippen molar-refractivity contribution >= 4 is 27.6 Å². The fraction of sp³-hybridized carbons (Fsp3) is 0.360. The molecule has 3 aromatic rings. The third-order valence-corrected chi connectivity index (χ3v) is 8.55. The van der Waals surface area contributed by atoms with E-state index in [0.29, 0.717) is 46.9 Å². The summed E-state index contributed by atoms with van der Waals surface area (Å²) < 4.78 is 40.0. The first-order valence-corrected chi connectivity index (χ1v) is 13.6. The van der Waals surface area contributed by atoms with E-state index in [1.807, 2.05) is 12.1 Å². The number of rotatable bonds is 6. The Balaban J connectivity index is 1.53. The molecular formula is C25H28ClN5O4S. The molecule has 190 valence electrons. The minimum atomic E-state index is -3.77. The predicted octanol–water partition coefficient (Wildman–Crippen LogP) is 3.43. The average molecular weight is 530 g/mol. The summed E-state index contributed by atoms with van der Waals surface area (Å²) in [5.74, 6) is 1.99. The standard InChI is InChI=1S/C25H28ClN5O4S/c1-29-12-14-30(15-13-29)25-27-21-10-11-31(36(32,33)19-7-5-6-18(26)16-19)17-20(21)24(28-25)35-23-9-4-3-8-22(23)34-2/h3-9,16H,10-15,17H2,1-2H3. The molecule has 2 aromatic carbocycles. The van der Waals surface area contributed by atoms with Gasteiger partial charge in [0.1, 0.15) is 0 Å². The SMILES string of the molecule is COc1ccccc1Oc1nc(N2CCN(C)CC2)nc2c1CN(S(=O)(=O)c1cccc(Cl)c1)CC2. The molecule has 0 bridgehead atoms. The molecule has 3 heterocycles. The van der Waals surface area contributed by atoms with Crippen LogP contribution in [0.15, 0.2) is 53.4 Å². The number of anilines is 1. The zero-order chi connectivity index (χ0) is 25.3. The fourth-order valence-corrected chi connectivity index (χ4v) is 6.08. The van der Waals surface area contributed by atoms with Crippen molar-refractivity contribution in [3.63, 3.8) is 0 Å². The Morgan fingerprint density at radius 1 is 0.944 bits per heavy atom. The van der Waals surface area contributed by atoms with Crippen LogP contribution in [0.25, 0.3) is 0 Å². The Morgan fingerprint density at radius 2 is 1.69 bits per heavy atom. The van der Waals surface area contributed by atoms with Crippen molar-refractivity contribution < 1.29 is 17.9 Å². The molecule has 0 saturated carbocycles. The Hall–Kier alpha value is -2.92. The van der Waals surface area contributed by atoms with E-state index in [1.165, 1.54) is 10.4 Å². The fourth-order valence-electron chi connectivity index (χ4n) is 4.37. The zero-order valence-corrected chi connectivity index (χ0v) is 21.8. The zero-order valence-electron chi connectivity index (χ0n) is 20.2. The van der Waals surface area contributed by atoms with Gasteiger partial charge < -0.3 is 19.3 Å². The van der Waals surface area contributed by atoms with Crippen molar-refractivity contribution in [2.45, 2.75) is 17.9 Å².